The van der Waals surface area contributed by atoms with E-state index in [1.807, 2.05) is 12.1 Å². The molecule has 5 nitrogen and oxygen atoms in total. The largest absolute Gasteiger partial charge is 0.365 e. The van der Waals surface area contributed by atoms with Gasteiger partial charge in [0.1, 0.15) is 5.02 Å². The molecule has 1 aromatic carbocycles. The number of benzene rings is 1. The number of halogens is 1. The van der Waals surface area contributed by atoms with Gasteiger partial charge in [-0.1, -0.05) is 41.4 Å². The summed E-state index contributed by atoms with van der Waals surface area (Å²) in [5, 5.41) is 3.61. The highest BCUT2D eigenvalue weighted by Gasteiger charge is 2.04. The molecule has 0 radical (unpaired) electrons. The predicted octanol–water partition coefficient (Wildman–Crippen LogP) is 2.34. The molecule has 0 aliphatic carbocycles. The SMILES string of the molecule is Cc1cccc(CNc2nc(NN)ncc2Cl)c1. The molecule has 0 saturated carbocycles. The van der Waals surface area contributed by atoms with Crippen LogP contribution in [0.4, 0.5) is 11.8 Å². The highest BCUT2D eigenvalue weighted by atomic mass is 35.5. The molecular weight excluding hydrogens is 250 g/mol. The first kappa shape index (κ1) is 12.6. The van der Waals surface area contributed by atoms with Crippen molar-refractivity contribution < 1.29 is 0 Å². The Morgan fingerprint density at radius 1 is 1.39 bits per heavy atom. The number of nitrogen functional groups attached to an aromatic ring is 1. The van der Waals surface area contributed by atoms with Gasteiger partial charge in [0.2, 0.25) is 5.95 Å². The Morgan fingerprint density at radius 3 is 2.94 bits per heavy atom. The van der Waals surface area contributed by atoms with E-state index >= 15 is 0 Å². The number of hydrogen-bond donors (Lipinski definition) is 3. The minimum Gasteiger partial charge on any atom is -0.365 e. The van der Waals surface area contributed by atoms with Crippen molar-refractivity contribution in [2.24, 2.45) is 5.84 Å². The maximum Gasteiger partial charge on any atom is 0.239 e. The van der Waals surface area contributed by atoms with E-state index in [1.165, 1.54) is 11.8 Å². The topological polar surface area (TPSA) is 75.9 Å². The lowest BCUT2D eigenvalue weighted by Gasteiger charge is -2.09. The van der Waals surface area contributed by atoms with Crippen LogP contribution in [-0.2, 0) is 6.54 Å². The summed E-state index contributed by atoms with van der Waals surface area (Å²) in [5.41, 5.74) is 4.76. The average molecular weight is 264 g/mol. The van der Waals surface area contributed by atoms with Gasteiger partial charge in [0, 0.05) is 6.54 Å². The molecular formula is C12H14ClN5. The molecule has 0 aliphatic heterocycles. The van der Waals surface area contributed by atoms with Crippen LogP contribution in [0.2, 0.25) is 5.02 Å². The molecule has 18 heavy (non-hydrogen) atoms. The normalized spacial score (nSPS) is 10.2. The summed E-state index contributed by atoms with van der Waals surface area (Å²) in [6.07, 6.45) is 1.50. The maximum absolute atomic E-state index is 5.99. The molecule has 1 heterocycles. The van der Waals surface area contributed by atoms with Crippen molar-refractivity contribution in [3.05, 3.63) is 46.6 Å². The van der Waals surface area contributed by atoms with Crippen LogP contribution in [0.1, 0.15) is 11.1 Å². The third-order valence-corrected chi connectivity index (χ3v) is 2.69. The molecule has 4 N–H and O–H groups in total. The zero-order chi connectivity index (χ0) is 13.0. The first-order chi connectivity index (χ1) is 8.69. The lowest BCUT2D eigenvalue weighted by molar-refractivity contribution is 1.06. The van der Waals surface area contributed by atoms with Gasteiger partial charge < -0.3 is 5.32 Å². The van der Waals surface area contributed by atoms with Crippen molar-refractivity contribution in [3.63, 3.8) is 0 Å². The Bertz CT molecular complexity index is 544. The van der Waals surface area contributed by atoms with E-state index in [2.05, 4.69) is 39.8 Å². The number of nitrogens with one attached hydrogen (secondary N) is 2. The van der Waals surface area contributed by atoms with Gasteiger partial charge in [-0.25, -0.2) is 10.8 Å². The van der Waals surface area contributed by atoms with Crippen LogP contribution in [0.3, 0.4) is 0 Å². The molecule has 1 aromatic heterocycles. The number of aromatic nitrogens is 2. The third kappa shape index (κ3) is 3.09. The number of nitrogens with zero attached hydrogens (tertiary/aromatic N) is 2. The van der Waals surface area contributed by atoms with Gasteiger partial charge in [-0.2, -0.15) is 4.98 Å². The van der Waals surface area contributed by atoms with Crippen LogP contribution in [0, 0.1) is 6.92 Å². The first-order valence-electron chi connectivity index (χ1n) is 5.47. The highest BCUT2D eigenvalue weighted by molar-refractivity contribution is 6.32. The molecule has 0 unspecified atom stereocenters. The Balaban J connectivity index is 2.10. The molecule has 0 amide bonds. The van der Waals surface area contributed by atoms with Crippen LogP contribution in [0.5, 0.6) is 0 Å². The highest BCUT2D eigenvalue weighted by Crippen LogP contribution is 2.19. The summed E-state index contributed by atoms with van der Waals surface area (Å²) >= 11 is 5.99. The molecule has 94 valence electrons. The fourth-order valence-electron chi connectivity index (χ4n) is 1.57. The fraction of sp³-hybridized carbons (Fsp3) is 0.167. The minimum atomic E-state index is 0.325. The van der Waals surface area contributed by atoms with Crippen molar-refractivity contribution in [2.45, 2.75) is 13.5 Å². The minimum absolute atomic E-state index is 0.325. The number of rotatable bonds is 4. The van der Waals surface area contributed by atoms with Crippen LogP contribution in [0.25, 0.3) is 0 Å². The number of hydrazine groups is 1. The second kappa shape index (κ2) is 5.66. The molecule has 6 heteroatoms. The van der Waals surface area contributed by atoms with E-state index in [4.69, 9.17) is 17.4 Å². The summed E-state index contributed by atoms with van der Waals surface area (Å²) in [6, 6.07) is 8.21. The number of nitrogens with two attached hydrogens (primary N) is 1. The Kier molecular flexibility index (Phi) is 3.96. The second-order valence-electron chi connectivity index (χ2n) is 3.88. The molecule has 0 saturated heterocycles. The molecule has 0 bridgehead atoms. The van der Waals surface area contributed by atoms with Crippen molar-refractivity contribution in [1.82, 2.24) is 9.97 Å². The van der Waals surface area contributed by atoms with E-state index in [-0.39, 0.29) is 0 Å². The van der Waals surface area contributed by atoms with Gasteiger partial charge in [-0.15, -0.1) is 0 Å². The van der Waals surface area contributed by atoms with Gasteiger partial charge in [-0.05, 0) is 12.5 Å². The van der Waals surface area contributed by atoms with Crippen LogP contribution in [0.15, 0.2) is 30.5 Å². The quantitative estimate of drug-likeness (QED) is 0.583. The summed E-state index contributed by atoms with van der Waals surface area (Å²) in [5.74, 6) is 6.13. The van der Waals surface area contributed by atoms with Crippen molar-refractivity contribution in [2.75, 3.05) is 10.7 Å². The average Bonchev–Trinajstić information content (AvgIpc) is 2.38. The molecule has 2 rings (SSSR count). The zero-order valence-electron chi connectivity index (χ0n) is 9.94. The lowest BCUT2D eigenvalue weighted by atomic mass is 10.1. The van der Waals surface area contributed by atoms with Gasteiger partial charge in [-0.3, -0.25) is 5.43 Å². The van der Waals surface area contributed by atoms with Gasteiger partial charge in [0.05, 0.1) is 6.20 Å². The zero-order valence-corrected chi connectivity index (χ0v) is 10.7. The standard InChI is InChI=1S/C12H14ClN5/c1-8-3-2-4-9(5-8)6-15-11-10(13)7-16-12(17-11)18-14/h2-5,7H,6,14H2,1H3,(H2,15,16,17,18). The van der Waals surface area contributed by atoms with E-state index < -0.39 is 0 Å². The lowest BCUT2D eigenvalue weighted by Crippen LogP contribution is -2.12. The van der Waals surface area contributed by atoms with Crippen molar-refractivity contribution in [1.29, 1.82) is 0 Å². The third-order valence-electron chi connectivity index (χ3n) is 2.42. The summed E-state index contributed by atoms with van der Waals surface area (Å²) in [7, 11) is 0. The van der Waals surface area contributed by atoms with E-state index in [1.54, 1.807) is 0 Å². The number of hydrogen-bond acceptors (Lipinski definition) is 5. The maximum atomic E-state index is 5.99. The van der Waals surface area contributed by atoms with Crippen molar-refractivity contribution >= 4 is 23.4 Å². The summed E-state index contributed by atoms with van der Waals surface area (Å²) < 4.78 is 0. The fourth-order valence-corrected chi connectivity index (χ4v) is 1.73. The van der Waals surface area contributed by atoms with Crippen LogP contribution >= 0.6 is 11.6 Å². The van der Waals surface area contributed by atoms with Crippen LogP contribution in [-0.4, -0.2) is 9.97 Å². The first-order valence-corrected chi connectivity index (χ1v) is 5.85. The number of anilines is 2. The van der Waals surface area contributed by atoms with Crippen molar-refractivity contribution in [3.8, 4) is 0 Å². The summed E-state index contributed by atoms with van der Waals surface area (Å²) in [6.45, 7) is 2.69. The van der Waals surface area contributed by atoms with Crippen LogP contribution < -0.4 is 16.6 Å². The van der Waals surface area contributed by atoms with E-state index in [0.29, 0.717) is 23.3 Å². The predicted molar refractivity (Wildman–Crippen MR) is 73.4 cm³/mol. The molecule has 0 atom stereocenters. The number of aryl methyl sites for hydroxylation is 1. The van der Waals surface area contributed by atoms with E-state index in [9.17, 15) is 0 Å². The Morgan fingerprint density at radius 2 is 2.22 bits per heavy atom. The van der Waals surface area contributed by atoms with Gasteiger partial charge in [0.25, 0.3) is 0 Å². The smallest absolute Gasteiger partial charge is 0.239 e. The Labute approximate surface area is 110 Å². The molecule has 0 fully saturated rings. The Hall–Kier alpha value is -1.85. The van der Waals surface area contributed by atoms with Gasteiger partial charge >= 0.3 is 0 Å². The molecule has 2 aromatic rings. The molecule has 0 spiro atoms. The molecule has 0 aliphatic rings. The van der Waals surface area contributed by atoms with E-state index in [0.717, 1.165) is 5.56 Å². The monoisotopic (exact) mass is 263 g/mol. The summed E-state index contributed by atoms with van der Waals surface area (Å²) in [4.78, 5) is 8.05. The van der Waals surface area contributed by atoms with Gasteiger partial charge in [0.15, 0.2) is 5.82 Å². The second-order valence-corrected chi connectivity index (χ2v) is 4.28.